The van der Waals surface area contributed by atoms with Crippen molar-refractivity contribution < 1.29 is 19.1 Å². The molecule has 1 aliphatic rings. The van der Waals surface area contributed by atoms with Gasteiger partial charge in [-0.3, -0.25) is 9.59 Å². The van der Waals surface area contributed by atoms with Crippen molar-refractivity contribution in [2.24, 2.45) is 5.41 Å². The monoisotopic (exact) mass is 382 g/mol. The maximum atomic E-state index is 12.4. The summed E-state index contributed by atoms with van der Waals surface area (Å²) in [6.45, 7) is 6.59. The van der Waals surface area contributed by atoms with Gasteiger partial charge < -0.3 is 19.7 Å². The third-order valence-corrected chi connectivity index (χ3v) is 4.38. The summed E-state index contributed by atoms with van der Waals surface area (Å²) in [6, 6.07) is 14.9. The van der Waals surface area contributed by atoms with E-state index in [-0.39, 0.29) is 18.4 Å². The Morgan fingerprint density at radius 3 is 2.64 bits per heavy atom. The molecule has 1 aliphatic heterocycles. The zero-order valence-electron chi connectivity index (χ0n) is 16.5. The minimum Gasteiger partial charge on any atom is -0.494 e. The van der Waals surface area contributed by atoms with Gasteiger partial charge in [0.05, 0.1) is 12.3 Å². The second-order valence-corrected chi connectivity index (χ2v) is 7.74. The van der Waals surface area contributed by atoms with Gasteiger partial charge in [-0.1, -0.05) is 39.0 Å². The SMILES string of the molecule is CC(C)(C)C(=O)Nc1ccc2c(c1)N(CCCOc1ccccc1)C(=O)CO2. The first-order valence-electron chi connectivity index (χ1n) is 9.41. The topological polar surface area (TPSA) is 67.9 Å². The van der Waals surface area contributed by atoms with Crippen LogP contribution in [0.15, 0.2) is 48.5 Å². The number of carbonyl (C=O) groups excluding carboxylic acids is 2. The molecule has 1 heterocycles. The number of nitrogens with zero attached hydrogens (tertiary/aromatic N) is 1. The third-order valence-electron chi connectivity index (χ3n) is 4.38. The van der Waals surface area contributed by atoms with Gasteiger partial charge in [-0.25, -0.2) is 0 Å². The van der Waals surface area contributed by atoms with E-state index < -0.39 is 5.41 Å². The van der Waals surface area contributed by atoms with Gasteiger partial charge in [0.1, 0.15) is 11.5 Å². The molecule has 148 valence electrons. The van der Waals surface area contributed by atoms with Gasteiger partial charge in [-0.2, -0.15) is 0 Å². The van der Waals surface area contributed by atoms with Crippen LogP contribution in [0.4, 0.5) is 11.4 Å². The molecule has 0 aromatic heterocycles. The molecule has 6 nitrogen and oxygen atoms in total. The van der Waals surface area contributed by atoms with Crippen LogP contribution < -0.4 is 19.7 Å². The van der Waals surface area contributed by atoms with Crippen molar-refractivity contribution in [3.8, 4) is 11.5 Å². The summed E-state index contributed by atoms with van der Waals surface area (Å²) in [5.74, 6) is 1.26. The molecule has 2 aromatic rings. The number of ether oxygens (including phenoxy) is 2. The molecular weight excluding hydrogens is 356 g/mol. The number of hydrogen-bond donors (Lipinski definition) is 1. The number of fused-ring (bicyclic) bond motifs is 1. The van der Waals surface area contributed by atoms with Gasteiger partial charge >= 0.3 is 0 Å². The number of para-hydroxylation sites is 1. The minimum absolute atomic E-state index is 0.0141. The molecule has 2 aromatic carbocycles. The van der Waals surface area contributed by atoms with Crippen molar-refractivity contribution in [3.05, 3.63) is 48.5 Å². The van der Waals surface area contributed by atoms with Crippen LogP contribution in [-0.2, 0) is 9.59 Å². The Morgan fingerprint density at radius 2 is 1.93 bits per heavy atom. The van der Waals surface area contributed by atoms with Gasteiger partial charge in [0, 0.05) is 17.6 Å². The summed E-state index contributed by atoms with van der Waals surface area (Å²) in [5.41, 5.74) is 0.807. The molecule has 0 fully saturated rings. The van der Waals surface area contributed by atoms with Gasteiger partial charge in [0.25, 0.3) is 5.91 Å². The van der Waals surface area contributed by atoms with Crippen LogP contribution in [0.25, 0.3) is 0 Å². The first-order chi connectivity index (χ1) is 13.3. The van der Waals surface area contributed by atoms with E-state index in [1.54, 1.807) is 23.1 Å². The third kappa shape index (κ3) is 4.82. The van der Waals surface area contributed by atoms with Crippen molar-refractivity contribution in [3.63, 3.8) is 0 Å². The average molecular weight is 382 g/mol. The number of rotatable bonds is 6. The molecule has 6 heteroatoms. The summed E-state index contributed by atoms with van der Waals surface area (Å²) in [6.07, 6.45) is 0.679. The molecule has 1 N–H and O–H groups in total. The molecule has 0 saturated carbocycles. The molecule has 2 amide bonds. The average Bonchev–Trinajstić information content (AvgIpc) is 2.66. The van der Waals surface area contributed by atoms with Gasteiger partial charge in [0.15, 0.2) is 6.61 Å². The molecule has 28 heavy (non-hydrogen) atoms. The highest BCUT2D eigenvalue weighted by molar-refractivity contribution is 6.00. The van der Waals surface area contributed by atoms with Crippen molar-refractivity contribution in [1.82, 2.24) is 0 Å². The summed E-state index contributed by atoms with van der Waals surface area (Å²) >= 11 is 0. The highest BCUT2D eigenvalue weighted by Gasteiger charge is 2.27. The number of carbonyl (C=O) groups is 2. The first-order valence-corrected chi connectivity index (χ1v) is 9.41. The van der Waals surface area contributed by atoms with E-state index in [2.05, 4.69) is 5.32 Å². The van der Waals surface area contributed by atoms with Gasteiger partial charge in [-0.05, 0) is 36.8 Å². The highest BCUT2D eigenvalue weighted by atomic mass is 16.5. The predicted molar refractivity (Wildman–Crippen MR) is 109 cm³/mol. The lowest BCUT2D eigenvalue weighted by molar-refractivity contribution is -0.123. The number of anilines is 2. The van der Waals surface area contributed by atoms with E-state index in [4.69, 9.17) is 9.47 Å². The fourth-order valence-corrected chi connectivity index (χ4v) is 2.77. The van der Waals surface area contributed by atoms with Crippen LogP contribution in [0.1, 0.15) is 27.2 Å². The van der Waals surface area contributed by atoms with E-state index in [0.717, 1.165) is 5.75 Å². The Labute approximate surface area is 165 Å². The molecule has 0 bridgehead atoms. The van der Waals surface area contributed by atoms with Crippen molar-refractivity contribution in [2.45, 2.75) is 27.2 Å². The van der Waals surface area contributed by atoms with E-state index in [1.807, 2.05) is 51.1 Å². The van der Waals surface area contributed by atoms with Crippen molar-refractivity contribution in [2.75, 3.05) is 30.0 Å². The zero-order valence-corrected chi connectivity index (χ0v) is 16.5. The predicted octanol–water partition coefficient (Wildman–Crippen LogP) is 3.87. The lowest BCUT2D eigenvalue weighted by Crippen LogP contribution is -2.40. The van der Waals surface area contributed by atoms with Crippen molar-refractivity contribution >= 4 is 23.2 Å². The fourth-order valence-electron chi connectivity index (χ4n) is 2.77. The highest BCUT2D eigenvalue weighted by Crippen LogP contribution is 2.35. The van der Waals surface area contributed by atoms with E-state index in [0.29, 0.717) is 36.7 Å². The molecule has 0 saturated heterocycles. The Hall–Kier alpha value is -3.02. The summed E-state index contributed by atoms with van der Waals surface area (Å²) in [7, 11) is 0. The largest absolute Gasteiger partial charge is 0.494 e. The Morgan fingerprint density at radius 1 is 1.18 bits per heavy atom. The number of amides is 2. The molecule has 0 spiro atoms. The molecule has 0 atom stereocenters. The minimum atomic E-state index is -0.503. The van der Waals surface area contributed by atoms with Crippen LogP contribution in [0.5, 0.6) is 11.5 Å². The zero-order chi connectivity index (χ0) is 20.1. The summed E-state index contributed by atoms with van der Waals surface area (Å²) < 4.78 is 11.2. The first kappa shape index (κ1) is 19.7. The lowest BCUT2D eigenvalue weighted by atomic mass is 9.95. The quantitative estimate of drug-likeness (QED) is 0.770. The Balaban J connectivity index is 1.66. The molecule has 0 radical (unpaired) electrons. The van der Waals surface area contributed by atoms with Crippen LogP contribution in [0.2, 0.25) is 0 Å². The Bertz CT molecular complexity index is 843. The maximum Gasteiger partial charge on any atom is 0.265 e. The smallest absolute Gasteiger partial charge is 0.265 e. The Kier molecular flexibility index (Phi) is 5.87. The van der Waals surface area contributed by atoms with E-state index in [9.17, 15) is 9.59 Å². The van der Waals surface area contributed by atoms with Crippen LogP contribution in [0, 0.1) is 5.41 Å². The molecule has 3 rings (SSSR count). The molecular formula is C22H26N2O4. The van der Waals surface area contributed by atoms with Gasteiger partial charge in [0.2, 0.25) is 5.91 Å². The standard InChI is InChI=1S/C22H26N2O4/c1-22(2,3)21(26)23-16-10-11-19-18(14-16)24(20(25)15-28-19)12-7-13-27-17-8-5-4-6-9-17/h4-6,8-11,14H,7,12-13,15H2,1-3H3,(H,23,26). The lowest BCUT2D eigenvalue weighted by Gasteiger charge is -2.30. The van der Waals surface area contributed by atoms with Crippen molar-refractivity contribution in [1.29, 1.82) is 0 Å². The normalized spacial score (nSPS) is 13.5. The van der Waals surface area contributed by atoms with Crippen LogP contribution >= 0.6 is 0 Å². The van der Waals surface area contributed by atoms with E-state index >= 15 is 0 Å². The van der Waals surface area contributed by atoms with E-state index in [1.165, 1.54) is 0 Å². The van der Waals surface area contributed by atoms with Crippen LogP contribution in [0.3, 0.4) is 0 Å². The fraction of sp³-hybridized carbons (Fsp3) is 0.364. The van der Waals surface area contributed by atoms with Gasteiger partial charge in [-0.15, -0.1) is 0 Å². The second kappa shape index (κ2) is 8.33. The molecule has 0 unspecified atom stereocenters. The molecule has 0 aliphatic carbocycles. The number of benzene rings is 2. The second-order valence-electron chi connectivity index (χ2n) is 7.74. The summed E-state index contributed by atoms with van der Waals surface area (Å²) in [4.78, 5) is 26.3. The summed E-state index contributed by atoms with van der Waals surface area (Å²) in [5, 5.41) is 2.90. The maximum absolute atomic E-state index is 12.4. The number of hydrogen-bond acceptors (Lipinski definition) is 4. The number of nitrogens with one attached hydrogen (secondary N) is 1. The van der Waals surface area contributed by atoms with Crippen LogP contribution in [-0.4, -0.2) is 31.6 Å².